The smallest absolute Gasteiger partial charge is 0.0238 e. The molecule has 0 aliphatic carbocycles. The van der Waals surface area contributed by atoms with Crippen LogP contribution in [0.5, 0.6) is 0 Å². The zero-order valence-corrected chi connectivity index (χ0v) is 11.0. The molecule has 2 nitrogen and oxygen atoms in total. The van der Waals surface area contributed by atoms with E-state index in [1.54, 1.807) is 0 Å². The first-order valence-electron chi connectivity index (χ1n) is 6.05. The lowest BCUT2D eigenvalue weighted by Crippen LogP contribution is -2.49. The molecular weight excluding hydrogens is 264 g/mol. The lowest BCUT2D eigenvalue weighted by molar-refractivity contribution is 0.158. The van der Waals surface area contributed by atoms with E-state index in [4.69, 9.17) is 0 Å². The normalized spacial score (nSPS) is 24.9. The first-order valence-corrected chi connectivity index (χ1v) is 6.84. The van der Waals surface area contributed by atoms with Gasteiger partial charge < -0.3 is 10.2 Å². The van der Waals surface area contributed by atoms with Crippen molar-refractivity contribution in [3.05, 3.63) is 33.8 Å². The highest BCUT2D eigenvalue weighted by Gasteiger charge is 2.23. The van der Waals surface area contributed by atoms with Gasteiger partial charge in [-0.1, -0.05) is 28.1 Å². The number of fused-ring (bicyclic) bond motifs is 1. The molecule has 0 radical (unpaired) electrons. The van der Waals surface area contributed by atoms with Crippen molar-refractivity contribution in [3.8, 4) is 0 Å². The lowest BCUT2D eigenvalue weighted by Gasteiger charge is -2.36. The highest BCUT2D eigenvalue weighted by atomic mass is 79.9. The molecule has 0 aromatic heterocycles. The summed E-state index contributed by atoms with van der Waals surface area (Å²) in [6.45, 7) is 4.81. The van der Waals surface area contributed by atoms with Gasteiger partial charge >= 0.3 is 0 Å². The predicted octanol–water partition coefficient (Wildman–Crippen LogP) is 2.17. The second-order valence-electron chi connectivity index (χ2n) is 4.81. The SMILES string of the molecule is Brc1cccc2c1CNC(CN1CCC1)C2. The van der Waals surface area contributed by atoms with Crippen molar-refractivity contribution in [1.82, 2.24) is 10.2 Å². The fourth-order valence-electron chi connectivity index (χ4n) is 2.58. The summed E-state index contributed by atoms with van der Waals surface area (Å²) in [5.74, 6) is 0. The van der Waals surface area contributed by atoms with Crippen LogP contribution in [0.15, 0.2) is 22.7 Å². The fourth-order valence-corrected chi connectivity index (χ4v) is 3.13. The maximum Gasteiger partial charge on any atom is 0.0238 e. The number of hydrogen-bond donors (Lipinski definition) is 1. The second-order valence-corrected chi connectivity index (χ2v) is 5.67. The zero-order chi connectivity index (χ0) is 11.0. The van der Waals surface area contributed by atoms with Crippen LogP contribution in [0, 0.1) is 0 Å². The van der Waals surface area contributed by atoms with E-state index in [9.17, 15) is 0 Å². The first-order chi connectivity index (χ1) is 7.83. The monoisotopic (exact) mass is 280 g/mol. The van der Waals surface area contributed by atoms with Crippen molar-refractivity contribution in [2.45, 2.75) is 25.4 Å². The highest BCUT2D eigenvalue weighted by Crippen LogP contribution is 2.25. The molecule has 0 amide bonds. The minimum Gasteiger partial charge on any atom is -0.308 e. The van der Waals surface area contributed by atoms with Crippen LogP contribution < -0.4 is 5.32 Å². The average molecular weight is 281 g/mol. The Bertz CT molecular complexity index is 388. The lowest BCUT2D eigenvalue weighted by atomic mass is 9.95. The molecule has 1 fully saturated rings. The quantitative estimate of drug-likeness (QED) is 0.893. The number of rotatable bonds is 2. The summed E-state index contributed by atoms with van der Waals surface area (Å²) >= 11 is 3.63. The Morgan fingerprint density at radius 3 is 3.00 bits per heavy atom. The third-order valence-electron chi connectivity index (χ3n) is 3.68. The van der Waals surface area contributed by atoms with Gasteiger partial charge in [0.25, 0.3) is 0 Å². The molecule has 2 heterocycles. The summed E-state index contributed by atoms with van der Waals surface area (Å²) in [7, 11) is 0. The van der Waals surface area contributed by atoms with E-state index in [0.29, 0.717) is 6.04 Å². The number of halogens is 1. The Balaban J connectivity index is 1.70. The standard InChI is InChI=1S/C13H17BrN2/c14-13-4-1-3-10-7-11(15-8-12(10)13)9-16-5-2-6-16/h1,3-4,11,15H,2,5-9H2. The number of benzene rings is 1. The summed E-state index contributed by atoms with van der Waals surface area (Å²) < 4.78 is 1.25. The van der Waals surface area contributed by atoms with Gasteiger partial charge in [-0.25, -0.2) is 0 Å². The molecule has 86 valence electrons. The van der Waals surface area contributed by atoms with E-state index < -0.39 is 0 Å². The molecule has 16 heavy (non-hydrogen) atoms. The van der Waals surface area contributed by atoms with E-state index in [2.05, 4.69) is 44.3 Å². The van der Waals surface area contributed by atoms with E-state index >= 15 is 0 Å². The molecule has 1 aromatic rings. The number of likely N-dealkylation sites (tertiary alicyclic amines) is 1. The van der Waals surface area contributed by atoms with Gasteiger partial charge in [0.15, 0.2) is 0 Å². The Kier molecular flexibility index (Phi) is 3.01. The molecule has 1 N–H and O–H groups in total. The van der Waals surface area contributed by atoms with E-state index in [0.717, 1.165) is 6.54 Å². The topological polar surface area (TPSA) is 15.3 Å². The summed E-state index contributed by atoms with van der Waals surface area (Å²) in [5.41, 5.74) is 2.96. The van der Waals surface area contributed by atoms with Gasteiger partial charge in [0.2, 0.25) is 0 Å². The highest BCUT2D eigenvalue weighted by molar-refractivity contribution is 9.10. The van der Waals surface area contributed by atoms with Crippen molar-refractivity contribution in [3.63, 3.8) is 0 Å². The zero-order valence-electron chi connectivity index (χ0n) is 9.38. The van der Waals surface area contributed by atoms with E-state index in [1.807, 2.05) is 0 Å². The van der Waals surface area contributed by atoms with Gasteiger partial charge in [0.1, 0.15) is 0 Å². The number of nitrogens with zero attached hydrogens (tertiary/aromatic N) is 1. The molecule has 1 unspecified atom stereocenters. The second kappa shape index (κ2) is 4.47. The van der Waals surface area contributed by atoms with Crippen molar-refractivity contribution in [2.24, 2.45) is 0 Å². The fraction of sp³-hybridized carbons (Fsp3) is 0.538. The van der Waals surface area contributed by atoms with Gasteiger partial charge in [0, 0.05) is 23.6 Å². The van der Waals surface area contributed by atoms with Crippen LogP contribution in [0.1, 0.15) is 17.5 Å². The molecule has 0 spiro atoms. The molecule has 1 saturated heterocycles. The molecule has 3 rings (SSSR count). The Hall–Kier alpha value is -0.380. The maximum absolute atomic E-state index is 3.64. The number of hydrogen-bond acceptors (Lipinski definition) is 2. The van der Waals surface area contributed by atoms with Gasteiger partial charge in [-0.15, -0.1) is 0 Å². The first kappa shape index (κ1) is 10.8. The van der Waals surface area contributed by atoms with Crippen molar-refractivity contribution in [1.29, 1.82) is 0 Å². The Morgan fingerprint density at radius 2 is 2.25 bits per heavy atom. The summed E-state index contributed by atoms with van der Waals surface area (Å²) in [6.07, 6.45) is 2.56. The average Bonchev–Trinajstić information content (AvgIpc) is 2.24. The third kappa shape index (κ3) is 2.04. The maximum atomic E-state index is 3.64. The molecular formula is C13H17BrN2. The summed E-state index contributed by atoms with van der Waals surface area (Å²) in [5, 5.41) is 3.64. The van der Waals surface area contributed by atoms with Crippen molar-refractivity contribution >= 4 is 15.9 Å². The van der Waals surface area contributed by atoms with E-state index in [-0.39, 0.29) is 0 Å². The van der Waals surface area contributed by atoms with Gasteiger partial charge in [-0.05, 0) is 43.1 Å². The minimum absolute atomic E-state index is 0.641. The molecule has 0 saturated carbocycles. The van der Waals surface area contributed by atoms with Crippen LogP contribution in [-0.2, 0) is 13.0 Å². The van der Waals surface area contributed by atoms with Gasteiger partial charge in [-0.3, -0.25) is 0 Å². The molecule has 3 heteroatoms. The Labute approximate surface area is 105 Å². The Morgan fingerprint density at radius 1 is 1.38 bits per heavy atom. The largest absolute Gasteiger partial charge is 0.308 e. The predicted molar refractivity (Wildman–Crippen MR) is 69.5 cm³/mol. The van der Waals surface area contributed by atoms with Crippen LogP contribution in [0.3, 0.4) is 0 Å². The van der Waals surface area contributed by atoms with Crippen LogP contribution in [0.25, 0.3) is 0 Å². The summed E-state index contributed by atoms with van der Waals surface area (Å²) in [6, 6.07) is 7.19. The number of nitrogens with one attached hydrogen (secondary N) is 1. The molecule has 0 bridgehead atoms. The molecule has 2 aliphatic heterocycles. The van der Waals surface area contributed by atoms with Crippen LogP contribution in [-0.4, -0.2) is 30.6 Å². The molecule has 2 aliphatic rings. The van der Waals surface area contributed by atoms with Crippen LogP contribution in [0.4, 0.5) is 0 Å². The van der Waals surface area contributed by atoms with Crippen LogP contribution >= 0.6 is 15.9 Å². The van der Waals surface area contributed by atoms with Gasteiger partial charge in [0.05, 0.1) is 0 Å². The molecule has 1 aromatic carbocycles. The van der Waals surface area contributed by atoms with E-state index in [1.165, 1.54) is 48.1 Å². The third-order valence-corrected chi connectivity index (χ3v) is 4.42. The van der Waals surface area contributed by atoms with Crippen molar-refractivity contribution < 1.29 is 0 Å². The van der Waals surface area contributed by atoms with Crippen molar-refractivity contribution in [2.75, 3.05) is 19.6 Å². The molecule has 1 atom stereocenters. The van der Waals surface area contributed by atoms with Gasteiger partial charge in [-0.2, -0.15) is 0 Å². The summed E-state index contributed by atoms with van der Waals surface area (Å²) in [4.78, 5) is 2.54. The minimum atomic E-state index is 0.641. The van der Waals surface area contributed by atoms with Crippen LogP contribution in [0.2, 0.25) is 0 Å².